The van der Waals surface area contributed by atoms with E-state index < -0.39 is 5.41 Å². The first-order chi connectivity index (χ1) is 16.5. The molecule has 0 atom stereocenters. The number of para-hydroxylation sites is 1. The van der Waals surface area contributed by atoms with Gasteiger partial charge in [-0.05, 0) is 63.5 Å². The summed E-state index contributed by atoms with van der Waals surface area (Å²) in [4.78, 5) is 22.1. The topological polar surface area (TPSA) is 57.7 Å². The summed E-state index contributed by atoms with van der Waals surface area (Å²) >= 11 is 0. The lowest BCUT2D eigenvalue weighted by Gasteiger charge is -2.21. The van der Waals surface area contributed by atoms with E-state index in [0.29, 0.717) is 6.61 Å². The van der Waals surface area contributed by atoms with Crippen LogP contribution in [0.15, 0.2) is 54.6 Å². The maximum absolute atomic E-state index is 12.1. The highest BCUT2D eigenvalue weighted by molar-refractivity contribution is 6.05. The summed E-state index contributed by atoms with van der Waals surface area (Å²) in [5.41, 5.74) is 3.66. The zero-order valence-corrected chi connectivity index (χ0v) is 20.2. The predicted molar refractivity (Wildman–Crippen MR) is 136 cm³/mol. The minimum atomic E-state index is -0.473. The monoisotopic (exact) mass is 458 g/mol. The molecule has 3 heterocycles. The molecule has 1 aromatic heterocycles. The first kappa shape index (κ1) is 22.8. The average molecular weight is 459 g/mol. The molecule has 5 rings (SSSR count). The van der Waals surface area contributed by atoms with Gasteiger partial charge in [0.05, 0.1) is 23.2 Å². The van der Waals surface area contributed by atoms with Crippen LogP contribution in [-0.4, -0.2) is 60.0 Å². The van der Waals surface area contributed by atoms with Gasteiger partial charge in [0.15, 0.2) is 0 Å². The van der Waals surface area contributed by atoms with Crippen molar-refractivity contribution in [2.45, 2.75) is 38.6 Å². The summed E-state index contributed by atoms with van der Waals surface area (Å²) in [7, 11) is 0. The quantitative estimate of drug-likeness (QED) is 0.531. The second-order valence-electron chi connectivity index (χ2n) is 9.96. The lowest BCUT2D eigenvalue weighted by molar-refractivity contribution is -0.119. The number of hydrogen-bond acceptors (Lipinski definition) is 5. The largest absolute Gasteiger partial charge is 0.493 e. The number of fused-ring (bicyclic) bond motifs is 2. The molecule has 0 spiro atoms. The van der Waals surface area contributed by atoms with Gasteiger partial charge in [-0.3, -0.25) is 14.7 Å². The molecule has 0 radical (unpaired) electrons. The highest BCUT2D eigenvalue weighted by Crippen LogP contribution is 2.39. The molecule has 34 heavy (non-hydrogen) atoms. The number of carbonyl (C=O) groups excluding carboxylic acids is 1. The summed E-state index contributed by atoms with van der Waals surface area (Å²) in [5.74, 6) is 0.868. The SMILES string of the molecule is CC1(C)C(=O)Nc2cc(OCCCN3CCCN(Cc4ccc5ccccc5n4)CC3)ccc21. The Morgan fingerprint density at radius 2 is 1.82 bits per heavy atom. The highest BCUT2D eigenvalue weighted by Gasteiger charge is 2.38. The third kappa shape index (κ3) is 4.93. The summed E-state index contributed by atoms with van der Waals surface area (Å²) in [6, 6.07) is 18.6. The summed E-state index contributed by atoms with van der Waals surface area (Å²) in [5, 5.41) is 4.17. The van der Waals surface area contributed by atoms with Crippen molar-refractivity contribution in [1.29, 1.82) is 0 Å². The Morgan fingerprint density at radius 3 is 2.74 bits per heavy atom. The van der Waals surface area contributed by atoms with E-state index in [2.05, 4.69) is 51.5 Å². The lowest BCUT2D eigenvalue weighted by Crippen LogP contribution is -2.31. The summed E-state index contributed by atoms with van der Waals surface area (Å²) in [6.07, 6.45) is 2.16. The molecule has 1 fully saturated rings. The van der Waals surface area contributed by atoms with Crippen LogP contribution in [0.3, 0.4) is 0 Å². The number of carbonyl (C=O) groups is 1. The van der Waals surface area contributed by atoms with Crippen molar-refractivity contribution in [2.75, 3.05) is 44.6 Å². The molecule has 1 N–H and O–H groups in total. The fraction of sp³-hybridized carbons (Fsp3) is 0.429. The Balaban J connectivity index is 1.06. The van der Waals surface area contributed by atoms with Crippen molar-refractivity contribution in [3.05, 3.63) is 65.9 Å². The van der Waals surface area contributed by atoms with Crippen molar-refractivity contribution in [2.24, 2.45) is 0 Å². The molecule has 0 saturated carbocycles. The fourth-order valence-corrected chi connectivity index (χ4v) is 4.97. The average Bonchev–Trinajstić information content (AvgIpc) is 2.96. The zero-order valence-electron chi connectivity index (χ0n) is 20.2. The number of anilines is 1. The van der Waals surface area contributed by atoms with Gasteiger partial charge in [-0.25, -0.2) is 0 Å². The van der Waals surface area contributed by atoms with Crippen LogP contribution in [0, 0.1) is 0 Å². The number of aromatic nitrogens is 1. The van der Waals surface area contributed by atoms with E-state index in [1.54, 1.807) is 0 Å². The van der Waals surface area contributed by atoms with Crippen LogP contribution in [0.1, 0.15) is 37.9 Å². The Morgan fingerprint density at radius 1 is 1.00 bits per heavy atom. The van der Waals surface area contributed by atoms with Crippen molar-refractivity contribution >= 4 is 22.5 Å². The number of amides is 1. The molecule has 6 heteroatoms. The van der Waals surface area contributed by atoms with Gasteiger partial charge in [-0.15, -0.1) is 0 Å². The number of hydrogen-bond donors (Lipinski definition) is 1. The van der Waals surface area contributed by atoms with Crippen LogP contribution in [0.5, 0.6) is 5.75 Å². The van der Waals surface area contributed by atoms with Crippen LogP contribution in [0.25, 0.3) is 10.9 Å². The minimum Gasteiger partial charge on any atom is -0.493 e. The van der Waals surface area contributed by atoms with Gasteiger partial charge in [0.2, 0.25) is 5.91 Å². The Kier molecular flexibility index (Phi) is 6.53. The molecule has 0 aliphatic carbocycles. The maximum Gasteiger partial charge on any atom is 0.234 e. The molecule has 0 unspecified atom stereocenters. The molecule has 0 bridgehead atoms. The third-order valence-electron chi connectivity index (χ3n) is 7.09. The van der Waals surface area contributed by atoms with Gasteiger partial charge < -0.3 is 15.0 Å². The first-order valence-corrected chi connectivity index (χ1v) is 12.4. The van der Waals surface area contributed by atoms with Crippen LogP contribution in [-0.2, 0) is 16.8 Å². The van der Waals surface area contributed by atoms with Gasteiger partial charge >= 0.3 is 0 Å². The molecule has 2 aliphatic heterocycles. The zero-order chi connectivity index (χ0) is 23.5. The van der Waals surface area contributed by atoms with E-state index in [-0.39, 0.29) is 5.91 Å². The van der Waals surface area contributed by atoms with E-state index in [1.807, 2.05) is 32.0 Å². The number of ether oxygens (including phenoxy) is 1. The van der Waals surface area contributed by atoms with E-state index in [9.17, 15) is 4.79 Å². The van der Waals surface area contributed by atoms with Crippen LogP contribution in [0.4, 0.5) is 5.69 Å². The predicted octanol–water partition coefficient (Wildman–Crippen LogP) is 4.44. The van der Waals surface area contributed by atoms with Gasteiger partial charge in [0, 0.05) is 43.3 Å². The van der Waals surface area contributed by atoms with Gasteiger partial charge in [0.1, 0.15) is 5.75 Å². The van der Waals surface area contributed by atoms with Crippen LogP contribution >= 0.6 is 0 Å². The second kappa shape index (κ2) is 9.72. The highest BCUT2D eigenvalue weighted by atomic mass is 16.5. The molecule has 1 saturated heterocycles. The van der Waals surface area contributed by atoms with E-state index >= 15 is 0 Å². The minimum absolute atomic E-state index is 0.0475. The van der Waals surface area contributed by atoms with Crippen LogP contribution in [0.2, 0.25) is 0 Å². The molecule has 6 nitrogen and oxygen atoms in total. The number of benzene rings is 2. The number of nitrogens with zero attached hydrogens (tertiary/aromatic N) is 3. The summed E-state index contributed by atoms with van der Waals surface area (Å²) in [6.45, 7) is 10.9. The molecule has 2 aromatic carbocycles. The maximum atomic E-state index is 12.1. The third-order valence-corrected chi connectivity index (χ3v) is 7.09. The van der Waals surface area contributed by atoms with Crippen molar-refractivity contribution < 1.29 is 9.53 Å². The lowest BCUT2D eigenvalue weighted by atomic mass is 9.86. The summed E-state index contributed by atoms with van der Waals surface area (Å²) < 4.78 is 6.00. The van der Waals surface area contributed by atoms with E-state index in [4.69, 9.17) is 9.72 Å². The second-order valence-corrected chi connectivity index (χ2v) is 9.96. The van der Waals surface area contributed by atoms with Crippen molar-refractivity contribution in [3.8, 4) is 5.75 Å². The first-order valence-electron chi connectivity index (χ1n) is 12.4. The normalized spacial score (nSPS) is 18.5. The van der Waals surface area contributed by atoms with Crippen molar-refractivity contribution in [3.63, 3.8) is 0 Å². The molecule has 2 aliphatic rings. The number of rotatable bonds is 7. The molecule has 178 valence electrons. The fourth-order valence-electron chi connectivity index (χ4n) is 4.97. The van der Waals surface area contributed by atoms with E-state index in [1.165, 1.54) is 11.8 Å². The number of nitrogens with one attached hydrogen (secondary N) is 1. The Labute approximate surface area is 201 Å². The van der Waals surface area contributed by atoms with Crippen molar-refractivity contribution in [1.82, 2.24) is 14.8 Å². The molecule has 3 aromatic rings. The molecular weight excluding hydrogens is 424 g/mol. The molecular formula is C28H34N4O2. The Bertz CT molecular complexity index is 1180. The molecule has 1 amide bonds. The standard InChI is InChI=1S/C28H34N4O2/c1-28(2)24-12-11-23(19-26(24)30-27(28)33)34-18-6-15-31-13-5-14-32(17-16-31)20-22-10-9-21-7-3-4-8-25(21)29-22/h3-4,7-12,19H,5-6,13-18,20H2,1-2H3,(H,30,33). The Hall–Kier alpha value is -2.96. The number of pyridine rings is 1. The van der Waals surface area contributed by atoms with Gasteiger partial charge in [-0.2, -0.15) is 0 Å². The smallest absolute Gasteiger partial charge is 0.234 e. The van der Waals surface area contributed by atoms with Crippen LogP contribution < -0.4 is 10.1 Å². The van der Waals surface area contributed by atoms with Gasteiger partial charge in [0.25, 0.3) is 0 Å². The van der Waals surface area contributed by atoms with Gasteiger partial charge in [-0.1, -0.05) is 30.3 Å². The van der Waals surface area contributed by atoms with E-state index in [0.717, 1.165) is 73.9 Å².